The van der Waals surface area contributed by atoms with Gasteiger partial charge in [-0.15, -0.1) is 11.3 Å². The molecule has 0 unspecified atom stereocenters. The van der Waals surface area contributed by atoms with E-state index in [2.05, 4.69) is 5.32 Å². The van der Waals surface area contributed by atoms with Crippen molar-refractivity contribution in [2.45, 2.75) is 32.2 Å². The second-order valence-electron chi connectivity index (χ2n) is 7.76. The van der Waals surface area contributed by atoms with Crippen LogP contribution in [0.4, 0.5) is 10.1 Å². The zero-order chi connectivity index (χ0) is 22.2. The standard InChI is InChI=1S/C24H19ClFN3O2S/c25-17-12-15(10-11-18(17)26)27-20(30)13-29-22(14-6-2-1-3-7-14)28-23-21(24(29)31)16-8-4-5-9-19(16)32-23/h1-3,6-7,10-12H,4-5,8-9,13H2,(H,27,30). The molecule has 0 saturated heterocycles. The number of anilines is 1. The molecule has 0 spiro atoms. The molecule has 0 radical (unpaired) electrons. The largest absolute Gasteiger partial charge is 0.324 e. The zero-order valence-corrected chi connectivity index (χ0v) is 18.6. The highest BCUT2D eigenvalue weighted by Gasteiger charge is 2.23. The lowest BCUT2D eigenvalue weighted by molar-refractivity contribution is -0.116. The summed E-state index contributed by atoms with van der Waals surface area (Å²) in [5.74, 6) is -0.532. The molecule has 5 rings (SSSR count). The van der Waals surface area contributed by atoms with E-state index in [4.69, 9.17) is 16.6 Å². The highest BCUT2D eigenvalue weighted by molar-refractivity contribution is 7.18. The van der Waals surface area contributed by atoms with Crippen molar-refractivity contribution in [2.75, 3.05) is 5.32 Å². The molecule has 162 valence electrons. The van der Waals surface area contributed by atoms with Crippen molar-refractivity contribution in [1.82, 2.24) is 9.55 Å². The van der Waals surface area contributed by atoms with Crippen LogP contribution in [-0.4, -0.2) is 15.5 Å². The molecule has 5 nitrogen and oxygen atoms in total. The van der Waals surface area contributed by atoms with Gasteiger partial charge in [-0.3, -0.25) is 14.2 Å². The van der Waals surface area contributed by atoms with Gasteiger partial charge in [-0.1, -0.05) is 41.9 Å². The van der Waals surface area contributed by atoms with Gasteiger partial charge in [0.05, 0.1) is 10.4 Å². The first-order chi connectivity index (χ1) is 15.5. The summed E-state index contributed by atoms with van der Waals surface area (Å²) >= 11 is 7.40. The molecule has 32 heavy (non-hydrogen) atoms. The number of amides is 1. The molecular formula is C24H19ClFN3O2S. The summed E-state index contributed by atoms with van der Waals surface area (Å²) in [5.41, 5.74) is 1.99. The summed E-state index contributed by atoms with van der Waals surface area (Å²) in [6.07, 6.45) is 3.98. The molecule has 4 aromatic rings. The van der Waals surface area contributed by atoms with Crippen LogP contribution in [0.25, 0.3) is 21.6 Å². The molecule has 1 amide bonds. The minimum atomic E-state index is -0.566. The Morgan fingerprint density at radius 2 is 1.94 bits per heavy atom. The van der Waals surface area contributed by atoms with Crippen LogP contribution in [0.1, 0.15) is 23.3 Å². The topological polar surface area (TPSA) is 64.0 Å². The van der Waals surface area contributed by atoms with E-state index in [0.717, 1.165) is 41.6 Å². The summed E-state index contributed by atoms with van der Waals surface area (Å²) in [5, 5.41) is 3.24. The maximum Gasteiger partial charge on any atom is 0.263 e. The van der Waals surface area contributed by atoms with Crippen LogP contribution < -0.4 is 10.9 Å². The van der Waals surface area contributed by atoms with Gasteiger partial charge >= 0.3 is 0 Å². The Morgan fingerprint density at radius 3 is 2.72 bits per heavy atom. The maximum atomic E-state index is 13.6. The molecule has 0 bridgehead atoms. The van der Waals surface area contributed by atoms with Gasteiger partial charge in [0, 0.05) is 16.1 Å². The van der Waals surface area contributed by atoms with Crippen LogP contribution in [0.15, 0.2) is 53.3 Å². The number of thiophene rings is 1. The smallest absolute Gasteiger partial charge is 0.263 e. The van der Waals surface area contributed by atoms with Crippen LogP contribution >= 0.6 is 22.9 Å². The van der Waals surface area contributed by atoms with Gasteiger partial charge < -0.3 is 5.32 Å². The Hall–Kier alpha value is -3.03. The van der Waals surface area contributed by atoms with Crippen LogP contribution in [0.2, 0.25) is 5.02 Å². The lowest BCUT2D eigenvalue weighted by atomic mass is 9.97. The first-order valence-electron chi connectivity index (χ1n) is 10.4. The Morgan fingerprint density at radius 1 is 1.16 bits per heavy atom. The molecule has 2 aromatic heterocycles. The van der Waals surface area contributed by atoms with Gasteiger partial charge in [-0.2, -0.15) is 0 Å². The van der Waals surface area contributed by atoms with Gasteiger partial charge in [0.25, 0.3) is 5.56 Å². The fourth-order valence-electron chi connectivity index (χ4n) is 4.11. The summed E-state index contributed by atoms with van der Waals surface area (Å²) < 4.78 is 14.9. The average molecular weight is 468 g/mol. The Kier molecular flexibility index (Phi) is 5.53. The number of aromatic nitrogens is 2. The van der Waals surface area contributed by atoms with Gasteiger partial charge in [-0.25, -0.2) is 9.37 Å². The third kappa shape index (κ3) is 3.82. The molecule has 0 fully saturated rings. The molecule has 0 saturated carbocycles. The van der Waals surface area contributed by atoms with Crippen LogP contribution in [0.5, 0.6) is 0 Å². The van der Waals surface area contributed by atoms with Crippen molar-refractivity contribution in [2.24, 2.45) is 0 Å². The maximum absolute atomic E-state index is 13.6. The zero-order valence-electron chi connectivity index (χ0n) is 17.0. The van der Waals surface area contributed by atoms with Gasteiger partial charge in [0.1, 0.15) is 23.0 Å². The first-order valence-corrected chi connectivity index (χ1v) is 11.6. The third-order valence-electron chi connectivity index (χ3n) is 5.61. The van der Waals surface area contributed by atoms with Crippen LogP contribution in [-0.2, 0) is 24.2 Å². The highest BCUT2D eigenvalue weighted by Crippen LogP contribution is 2.34. The Labute approximate surface area is 192 Å². The first kappa shape index (κ1) is 20.8. The summed E-state index contributed by atoms with van der Waals surface area (Å²) in [6, 6.07) is 13.3. The lowest BCUT2D eigenvalue weighted by Crippen LogP contribution is -2.30. The molecule has 1 aliphatic carbocycles. The number of hydrogen-bond donors (Lipinski definition) is 1. The van der Waals surface area contributed by atoms with Gasteiger partial charge in [0.15, 0.2) is 0 Å². The molecule has 0 atom stereocenters. The average Bonchev–Trinajstić information content (AvgIpc) is 3.17. The second kappa shape index (κ2) is 8.48. The lowest BCUT2D eigenvalue weighted by Gasteiger charge is -2.14. The number of fused-ring (bicyclic) bond motifs is 3. The number of benzene rings is 2. The van der Waals surface area contributed by atoms with Crippen molar-refractivity contribution in [3.8, 4) is 11.4 Å². The Bertz CT molecular complexity index is 1400. The van der Waals surface area contributed by atoms with Gasteiger partial charge in [0.2, 0.25) is 5.91 Å². The number of halogens is 2. The minimum Gasteiger partial charge on any atom is -0.324 e. The number of hydrogen-bond acceptors (Lipinski definition) is 4. The third-order valence-corrected chi connectivity index (χ3v) is 7.09. The van der Waals surface area contributed by atoms with E-state index in [9.17, 15) is 14.0 Å². The molecular weight excluding hydrogens is 449 g/mol. The number of carbonyl (C=O) groups is 1. The van der Waals surface area contributed by atoms with Crippen LogP contribution in [0.3, 0.4) is 0 Å². The number of nitrogens with zero attached hydrogens (tertiary/aromatic N) is 2. The van der Waals surface area contributed by atoms with Crippen molar-refractivity contribution in [1.29, 1.82) is 0 Å². The monoisotopic (exact) mass is 467 g/mol. The molecule has 0 aliphatic heterocycles. The van der Waals surface area contributed by atoms with E-state index < -0.39 is 11.7 Å². The van der Waals surface area contributed by atoms with Crippen molar-refractivity contribution >= 4 is 44.7 Å². The van der Waals surface area contributed by atoms with E-state index in [0.29, 0.717) is 16.9 Å². The molecule has 2 aromatic carbocycles. The quantitative estimate of drug-likeness (QED) is 0.435. The van der Waals surface area contributed by atoms with Crippen molar-refractivity contribution in [3.05, 3.63) is 80.2 Å². The summed E-state index contributed by atoms with van der Waals surface area (Å²) in [4.78, 5) is 33.2. The highest BCUT2D eigenvalue weighted by atomic mass is 35.5. The number of aryl methyl sites for hydroxylation is 2. The minimum absolute atomic E-state index is 0.0853. The summed E-state index contributed by atoms with van der Waals surface area (Å²) in [6.45, 7) is -0.217. The molecule has 8 heteroatoms. The number of nitrogens with one attached hydrogen (secondary N) is 1. The predicted molar refractivity (Wildman–Crippen MR) is 126 cm³/mol. The fraction of sp³-hybridized carbons (Fsp3) is 0.208. The molecule has 1 aliphatic rings. The summed E-state index contributed by atoms with van der Waals surface area (Å²) in [7, 11) is 0. The van der Waals surface area contributed by atoms with E-state index in [1.807, 2.05) is 30.3 Å². The fourth-order valence-corrected chi connectivity index (χ4v) is 5.54. The van der Waals surface area contributed by atoms with Crippen molar-refractivity contribution in [3.63, 3.8) is 0 Å². The second-order valence-corrected chi connectivity index (χ2v) is 9.25. The molecule has 2 heterocycles. The van der Waals surface area contributed by atoms with E-state index in [1.165, 1.54) is 27.6 Å². The normalized spacial score (nSPS) is 13.2. The van der Waals surface area contributed by atoms with E-state index >= 15 is 0 Å². The number of carbonyl (C=O) groups excluding carboxylic acids is 1. The number of rotatable bonds is 4. The van der Waals surface area contributed by atoms with Crippen molar-refractivity contribution < 1.29 is 9.18 Å². The predicted octanol–water partition coefficient (Wildman–Crippen LogP) is 5.44. The van der Waals surface area contributed by atoms with E-state index in [-0.39, 0.29) is 17.1 Å². The van der Waals surface area contributed by atoms with Crippen LogP contribution in [0, 0.1) is 5.82 Å². The van der Waals surface area contributed by atoms with E-state index in [1.54, 1.807) is 11.3 Å². The Balaban J connectivity index is 1.59. The molecule has 1 N–H and O–H groups in total. The van der Waals surface area contributed by atoms with Gasteiger partial charge in [-0.05, 0) is 49.4 Å². The SMILES string of the molecule is O=C(Cn1c(-c2ccccc2)nc2sc3c(c2c1=O)CCCC3)Nc1ccc(F)c(Cl)c1.